The molecule has 0 rings (SSSR count). The predicted octanol–water partition coefficient (Wildman–Crippen LogP) is -0.742. The Morgan fingerprint density at radius 3 is 1.20 bits per heavy atom. The molecule has 0 aliphatic carbocycles. The summed E-state index contributed by atoms with van der Waals surface area (Å²) in [7, 11) is 0. The molecule has 0 saturated carbocycles. The lowest BCUT2D eigenvalue weighted by molar-refractivity contribution is -0.159. The third-order valence-electron chi connectivity index (χ3n) is 0.850. The molecule has 0 bridgehead atoms. The molecule has 0 heterocycles. The van der Waals surface area contributed by atoms with Crippen LogP contribution in [0.1, 0.15) is 6.42 Å². The normalized spacial score (nSPS) is 8.00. The number of hydrogen-bond acceptors (Lipinski definition) is 4. The molecular weight excluding hydrogens is 212 g/mol. The quantitative estimate of drug-likeness (QED) is 0.358. The van der Waals surface area contributed by atoms with Crippen LogP contribution in [0, 0.1) is 0 Å². The number of carboxylic acids is 4. The van der Waals surface area contributed by atoms with E-state index in [4.69, 9.17) is 30.0 Å². The van der Waals surface area contributed by atoms with E-state index in [0.717, 1.165) is 0 Å². The summed E-state index contributed by atoms with van der Waals surface area (Å²) in [5.74, 6) is -6.09. The molecule has 0 atom stereocenters. The van der Waals surface area contributed by atoms with Gasteiger partial charge < -0.3 is 20.4 Å². The van der Waals surface area contributed by atoms with Crippen molar-refractivity contribution < 1.29 is 39.6 Å². The minimum Gasteiger partial charge on any atom is -0.481 e. The van der Waals surface area contributed by atoms with Crippen molar-refractivity contribution in [2.45, 2.75) is 6.42 Å². The molecule has 0 aromatic heterocycles. The summed E-state index contributed by atoms with van der Waals surface area (Å²) < 4.78 is 0. The standard InChI is InChI=1S/C5H6O4.C2H2O4/c1-3(5(8)9)2-4(6)7;3-1(4)2(5)6/h1-2H2,(H,6,7)(H,8,9);(H,3,4)(H,5,6). The Bertz CT molecular complexity index is 290. The van der Waals surface area contributed by atoms with Gasteiger partial charge in [-0.2, -0.15) is 0 Å². The van der Waals surface area contributed by atoms with E-state index in [1.54, 1.807) is 0 Å². The highest BCUT2D eigenvalue weighted by atomic mass is 16.4. The maximum absolute atomic E-state index is 9.87. The number of rotatable bonds is 3. The lowest BCUT2D eigenvalue weighted by atomic mass is 10.2. The van der Waals surface area contributed by atoms with E-state index in [1.807, 2.05) is 0 Å². The average Bonchev–Trinajstić information content (AvgIpc) is 2.03. The first-order chi connectivity index (χ1) is 6.68. The molecule has 0 amide bonds. The first-order valence-electron chi connectivity index (χ1n) is 3.27. The van der Waals surface area contributed by atoms with Gasteiger partial charge in [0.1, 0.15) is 0 Å². The van der Waals surface area contributed by atoms with Gasteiger partial charge in [-0.25, -0.2) is 14.4 Å². The van der Waals surface area contributed by atoms with Crippen LogP contribution in [0.15, 0.2) is 12.2 Å². The Morgan fingerprint density at radius 2 is 1.13 bits per heavy atom. The fourth-order valence-corrected chi connectivity index (χ4v) is 0.258. The highest BCUT2D eigenvalue weighted by Gasteiger charge is 2.07. The highest BCUT2D eigenvalue weighted by molar-refractivity contribution is 6.27. The maximum Gasteiger partial charge on any atom is 0.414 e. The maximum atomic E-state index is 9.87. The first kappa shape index (κ1) is 15.1. The van der Waals surface area contributed by atoms with Crippen LogP contribution in [0.2, 0.25) is 0 Å². The van der Waals surface area contributed by atoms with Crippen LogP contribution in [0.4, 0.5) is 0 Å². The van der Waals surface area contributed by atoms with Crippen LogP contribution in [0.5, 0.6) is 0 Å². The first-order valence-corrected chi connectivity index (χ1v) is 3.27. The van der Waals surface area contributed by atoms with E-state index < -0.39 is 30.3 Å². The molecule has 0 unspecified atom stereocenters. The summed E-state index contributed by atoms with van der Waals surface area (Å²) in [4.78, 5) is 37.9. The van der Waals surface area contributed by atoms with Crippen molar-refractivity contribution in [3.05, 3.63) is 12.2 Å². The molecular formula is C7H8O8. The highest BCUT2D eigenvalue weighted by Crippen LogP contribution is 1.95. The lowest BCUT2D eigenvalue weighted by Gasteiger charge is -1.91. The molecule has 0 fully saturated rings. The second kappa shape index (κ2) is 7.06. The predicted molar refractivity (Wildman–Crippen MR) is 44.3 cm³/mol. The Balaban J connectivity index is 0. The third kappa shape index (κ3) is 11.6. The van der Waals surface area contributed by atoms with Gasteiger partial charge in [0.05, 0.1) is 6.42 Å². The summed E-state index contributed by atoms with van der Waals surface area (Å²) in [6, 6.07) is 0. The van der Waals surface area contributed by atoms with E-state index >= 15 is 0 Å². The van der Waals surface area contributed by atoms with Crippen LogP contribution in [0.25, 0.3) is 0 Å². The minimum absolute atomic E-state index is 0.303. The van der Waals surface area contributed by atoms with Crippen LogP contribution in [0.3, 0.4) is 0 Å². The van der Waals surface area contributed by atoms with Gasteiger partial charge in [0.25, 0.3) is 0 Å². The number of carboxylic acid groups (broad SMARTS) is 4. The fraction of sp³-hybridized carbons (Fsp3) is 0.143. The van der Waals surface area contributed by atoms with Crippen LogP contribution in [-0.4, -0.2) is 44.3 Å². The Hall–Kier alpha value is -2.38. The second-order valence-electron chi connectivity index (χ2n) is 2.09. The average molecular weight is 220 g/mol. The van der Waals surface area contributed by atoms with E-state index in [2.05, 4.69) is 6.58 Å². The van der Waals surface area contributed by atoms with Crippen molar-refractivity contribution in [2.75, 3.05) is 0 Å². The molecule has 84 valence electrons. The zero-order valence-corrected chi connectivity index (χ0v) is 7.34. The van der Waals surface area contributed by atoms with Gasteiger partial charge in [-0.15, -0.1) is 0 Å². The minimum atomic E-state index is -1.82. The van der Waals surface area contributed by atoms with Crippen molar-refractivity contribution in [3.8, 4) is 0 Å². The third-order valence-corrected chi connectivity index (χ3v) is 0.850. The van der Waals surface area contributed by atoms with Gasteiger partial charge in [0.2, 0.25) is 0 Å². The van der Waals surface area contributed by atoms with Crippen molar-refractivity contribution in [3.63, 3.8) is 0 Å². The van der Waals surface area contributed by atoms with E-state index in [-0.39, 0.29) is 5.57 Å². The Labute approximate surface area is 83.1 Å². The largest absolute Gasteiger partial charge is 0.481 e. The molecule has 0 aliphatic heterocycles. The number of hydrogen-bond donors (Lipinski definition) is 4. The van der Waals surface area contributed by atoms with E-state index in [1.165, 1.54) is 0 Å². The van der Waals surface area contributed by atoms with Crippen molar-refractivity contribution in [2.24, 2.45) is 0 Å². The topological polar surface area (TPSA) is 149 Å². The zero-order valence-electron chi connectivity index (χ0n) is 7.34. The molecule has 0 radical (unpaired) electrons. The summed E-state index contributed by atoms with van der Waals surface area (Å²) in [6.07, 6.45) is -0.505. The molecule has 0 saturated heterocycles. The number of aliphatic carboxylic acids is 4. The van der Waals surface area contributed by atoms with Gasteiger partial charge in [-0.05, 0) is 0 Å². The monoisotopic (exact) mass is 220 g/mol. The Kier molecular flexibility index (Phi) is 7.12. The van der Waals surface area contributed by atoms with E-state index in [0.29, 0.717) is 0 Å². The number of carbonyl (C=O) groups is 4. The van der Waals surface area contributed by atoms with Crippen LogP contribution < -0.4 is 0 Å². The smallest absolute Gasteiger partial charge is 0.414 e. The molecule has 0 spiro atoms. The van der Waals surface area contributed by atoms with Crippen molar-refractivity contribution in [1.29, 1.82) is 0 Å². The summed E-state index contributed by atoms with van der Waals surface area (Å²) in [5.41, 5.74) is -0.303. The van der Waals surface area contributed by atoms with Crippen LogP contribution >= 0.6 is 0 Å². The van der Waals surface area contributed by atoms with E-state index in [9.17, 15) is 9.59 Å². The summed E-state index contributed by atoms with van der Waals surface area (Å²) in [5, 5.41) is 30.9. The fourth-order valence-electron chi connectivity index (χ4n) is 0.258. The lowest BCUT2D eigenvalue weighted by Crippen LogP contribution is -2.09. The SMILES string of the molecule is C=C(CC(=O)O)C(=O)O.O=C(O)C(=O)O. The molecule has 8 heteroatoms. The van der Waals surface area contributed by atoms with Gasteiger partial charge >= 0.3 is 23.9 Å². The van der Waals surface area contributed by atoms with Gasteiger partial charge in [0.15, 0.2) is 0 Å². The second-order valence-corrected chi connectivity index (χ2v) is 2.09. The van der Waals surface area contributed by atoms with Gasteiger partial charge in [-0.3, -0.25) is 4.79 Å². The summed E-state index contributed by atoms with van der Waals surface area (Å²) >= 11 is 0. The Morgan fingerprint density at radius 1 is 0.800 bits per heavy atom. The zero-order chi connectivity index (χ0) is 12.6. The molecule has 0 aliphatic rings. The molecule has 15 heavy (non-hydrogen) atoms. The van der Waals surface area contributed by atoms with Gasteiger partial charge in [-0.1, -0.05) is 6.58 Å². The summed E-state index contributed by atoms with van der Waals surface area (Å²) in [6.45, 7) is 3.01. The molecule has 4 N–H and O–H groups in total. The van der Waals surface area contributed by atoms with Gasteiger partial charge in [0, 0.05) is 5.57 Å². The molecule has 8 nitrogen and oxygen atoms in total. The van der Waals surface area contributed by atoms with Crippen molar-refractivity contribution >= 4 is 23.9 Å². The van der Waals surface area contributed by atoms with Crippen molar-refractivity contribution in [1.82, 2.24) is 0 Å². The molecule has 0 aromatic rings. The van der Waals surface area contributed by atoms with Crippen LogP contribution in [-0.2, 0) is 19.2 Å². The molecule has 0 aromatic carbocycles.